The van der Waals surface area contributed by atoms with Gasteiger partial charge in [0.05, 0.1) is 6.04 Å². The zero-order chi connectivity index (χ0) is 9.26. The van der Waals surface area contributed by atoms with Crippen LogP contribution in [0.5, 0.6) is 0 Å². The average molecular weight is 179 g/mol. The third-order valence-electron chi connectivity index (χ3n) is 2.44. The van der Waals surface area contributed by atoms with E-state index in [0.717, 1.165) is 13.1 Å². The highest BCUT2D eigenvalue weighted by Gasteiger charge is 2.25. The molecule has 2 atom stereocenters. The Morgan fingerprint density at radius 1 is 1.46 bits per heavy atom. The van der Waals surface area contributed by atoms with Crippen LogP contribution in [0.4, 0.5) is 0 Å². The molecule has 1 aromatic rings. The van der Waals surface area contributed by atoms with Crippen molar-refractivity contribution in [2.75, 3.05) is 13.1 Å². The maximum absolute atomic E-state index is 11.4. The van der Waals surface area contributed by atoms with Gasteiger partial charge in [-0.1, -0.05) is 6.07 Å². The smallest absolute Gasteiger partial charge is 0.250 e. The van der Waals surface area contributed by atoms with Crippen LogP contribution in [-0.2, 0) is 0 Å². The molecule has 2 rings (SSSR count). The molecule has 0 saturated carbocycles. The van der Waals surface area contributed by atoms with Crippen molar-refractivity contribution in [2.45, 2.75) is 12.1 Å². The Kier molecular flexibility index (Phi) is 2.16. The first kappa shape index (κ1) is 8.47. The summed E-state index contributed by atoms with van der Waals surface area (Å²) >= 11 is 0. The van der Waals surface area contributed by atoms with Gasteiger partial charge in [-0.3, -0.25) is 4.79 Å². The van der Waals surface area contributed by atoms with Gasteiger partial charge in [-0.2, -0.15) is 0 Å². The first-order chi connectivity index (χ1) is 6.29. The van der Waals surface area contributed by atoms with Crippen LogP contribution >= 0.6 is 0 Å². The van der Waals surface area contributed by atoms with E-state index in [0.29, 0.717) is 0 Å². The highest BCUT2D eigenvalue weighted by molar-refractivity contribution is 4.99. The van der Waals surface area contributed by atoms with Crippen LogP contribution in [-0.4, -0.2) is 23.7 Å². The standard InChI is InChI=1S/C9H13N3O/c10-7-5-11-6-8(7)12-4-2-1-3-9(12)13/h1-4,7-8,11H,5-6,10H2/t7-,8-/m0/s1. The van der Waals surface area contributed by atoms with Crippen LogP contribution in [0.2, 0.25) is 0 Å². The molecule has 0 aromatic carbocycles. The van der Waals surface area contributed by atoms with Crippen molar-refractivity contribution in [1.29, 1.82) is 0 Å². The van der Waals surface area contributed by atoms with Crippen molar-refractivity contribution in [3.8, 4) is 0 Å². The largest absolute Gasteiger partial charge is 0.325 e. The monoisotopic (exact) mass is 179 g/mol. The lowest BCUT2D eigenvalue weighted by molar-refractivity contribution is 0.477. The van der Waals surface area contributed by atoms with Crippen LogP contribution in [0.3, 0.4) is 0 Å². The lowest BCUT2D eigenvalue weighted by Gasteiger charge is -2.16. The summed E-state index contributed by atoms with van der Waals surface area (Å²) in [6.07, 6.45) is 1.79. The molecule has 2 heterocycles. The van der Waals surface area contributed by atoms with Crippen molar-refractivity contribution >= 4 is 0 Å². The Bertz CT molecular complexity index is 347. The molecule has 0 amide bonds. The van der Waals surface area contributed by atoms with Crippen LogP contribution in [0.15, 0.2) is 29.2 Å². The van der Waals surface area contributed by atoms with Crippen molar-refractivity contribution in [3.63, 3.8) is 0 Å². The number of hydrogen-bond acceptors (Lipinski definition) is 3. The van der Waals surface area contributed by atoms with Crippen molar-refractivity contribution in [1.82, 2.24) is 9.88 Å². The predicted octanol–water partition coefficient (Wildman–Crippen LogP) is -0.680. The highest BCUT2D eigenvalue weighted by Crippen LogP contribution is 2.10. The number of nitrogens with zero attached hydrogens (tertiary/aromatic N) is 1. The summed E-state index contributed by atoms with van der Waals surface area (Å²) in [5, 5.41) is 3.16. The number of nitrogens with two attached hydrogens (primary N) is 1. The second-order valence-corrected chi connectivity index (χ2v) is 3.34. The third kappa shape index (κ3) is 1.50. The third-order valence-corrected chi connectivity index (χ3v) is 2.44. The van der Waals surface area contributed by atoms with Gasteiger partial charge in [0.1, 0.15) is 0 Å². The molecule has 4 heteroatoms. The minimum Gasteiger partial charge on any atom is -0.325 e. The molecular formula is C9H13N3O. The maximum Gasteiger partial charge on any atom is 0.250 e. The Labute approximate surface area is 76.4 Å². The molecule has 3 N–H and O–H groups in total. The fourth-order valence-electron chi connectivity index (χ4n) is 1.70. The van der Waals surface area contributed by atoms with Crippen LogP contribution in [0, 0.1) is 0 Å². The zero-order valence-corrected chi connectivity index (χ0v) is 7.31. The molecule has 13 heavy (non-hydrogen) atoms. The Morgan fingerprint density at radius 2 is 2.31 bits per heavy atom. The van der Waals surface area contributed by atoms with Gasteiger partial charge in [0.15, 0.2) is 0 Å². The fourth-order valence-corrected chi connectivity index (χ4v) is 1.70. The molecule has 0 aliphatic carbocycles. The minimum atomic E-state index is 0.0200. The van der Waals surface area contributed by atoms with Gasteiger partial charge >= 0.3 is 0 Å². The van der Waals surface area contributed by atoms with E-state index in [9.17, 15) is 4.79 Å². The lowest BCUT2D eigenvalue weighted by Crippen LogP contribution is -2.35. The molecular weight excluding hydrogens is 166 g/mol. The first-order valence-corrected chi connectivity index (χ1v) is 4.42. The normalized spacial score (nSPS) is 27.8. The molecule has 1 aliphatic rings. The average Bonchev–Trinajstić information content (AvgIpc) is 2.52. The molecule has 0 spiro atoms. The predicted molar refractivity (Wildman–Crippen MR) is 50.6 cm³/mol. The number of rotatable bonds is 1. The fraction of sp³-hybridized carbons (Fsp3) is 0.444. The number of nitrogens with one attached hydrogen (secondary N) is 1. The van der Waals surface area contributed by atoms with Crippen molar-refractivity contribution < 1.29 is 0 Å². The summed E-state index contributed by atoms with van der Waals surface area (Å²) in [6, 6.07) is 5.30. The van der Waals surface area contributed by atoms with Crippen molar-refractivity contribution in [2.24, 2.45) is 5.73 Å². The first-order valence-electron chi connectivity index (χ1n) is 4.42. The van der Waals surface area contributed by atoms with E-state index in [1.54, 1.807) is 22.9 Å². The van der Waals surface area contributed by atoms with Gasteiger partial charge in [0.2, 0.25) is 0 Å². The van der Waals surface area contributed by atoms with E-state index >= 15 is 0 Å². The molecule has 1 aromatic heterocycles. The van der Waals surface area contributed by atoms with E-state index in [1.165, 1.54) is 0 Å². The second-order valence-electron chi connectivity index (χ2n) is 3.34. The lowest BCUT2D eigenvalue weighted by atomic mass is 10.2. The Balaban J connectivity index is 2.35. The van der Waals surface area contributed by atoms with Crippen LogP contribution < -0.4 is 16.6 Å². The molecule has 0 bridgehead atoms. The van der Waals surface area contributed by atoms with Crippen LogP contribution in [0.1, 0.15) is 6.04 Å². The van der Waals surface area contributed by atoms with Crippen molar-refractivity contribution in [3.05, 3.63) is 34.7 Å². The van der Waals surface area contributed by atoms with Crippen LogP contribution in [0.25, 0.3) is 0 Å². The zero-order valence-electron chi connectivity index (χ0n) is 7.31. The van der Waals surface area contributed by atoms with Gasteiger partial charge in [-0.05, 0) is 6.07 Å². The van der Waals surface area contributed by atoms with Gasteiger partial charge in [-0.15, -0.1) is 0 Å². The van der Waals surface area contributed by atoms with E-state index < -0.39 is 0 Å². The molecule has 1 saturated heterocycles. The quantitative estimate of drug-likeness (QED) is 0.600. The number of pyridine rings is 1. The molecule has 1 aliphatic heterocycles. The molecule has 70 valence electrons. The van der Waals surface area contributed by atoms with Gasteiger partial charge in [0.25, 0.3) is 5.56 Å². The molecule has 4 nitrogen and oxygen atoms in total. The Morgan fingerprint density at radius 3 is 2.92 bits per heavy atom. The SMILES string of the molecule is N[C@H]1CNC[C@@H]1n1ccccc1=O. The second kappa shape index (κ2) is 3.32. The summed E-state index contributed by atoms with van der Waals surface area (Å²) in [5.74, 6) is 0. The molecule has 1 fully saturated rings. The molecule has 0 radical (unpaired) electrons. The highest BCUT2D eigenvalue weighted by atomic mass is 16.1. The maximum atomic E-state index is 11.4. The summed E-state index contributed by atoms with van der Waals surface area (Å²) in [4.78, 5) is 11.4. The van der Waals surface area contributed by atoms with Gasteiger partial charge < -0.3 is 15.6 Å². The minimum absolute atomic E-state index is 0.0200. The summed E-state index contributed by atoms with van der Waals surface area (Å²) in [6.45, 7) is 1.57. The van der Waals surface area contributed by atoms with E-state index in [1.807, 2.05) is 6.07 Å². The number of hydrogen-bond donors (Lipinski definition) is 2. The summed E-state index contributed by atoms with van der Waals surface area (Å²) in [5.41, 5.74) is 5.88. The van der Waals surface area contributed by atoms with Gasteiger partial charge in [0, 0.05) is 31.4 Å². The topological polar surface area (TPSA) is 60.0 Å². The van der Waals surface area contributed by atoms with E-state index in [4.69, 9.17) is 5.73 Å². The van der Waals surface area contributed by atoms with E-state index in [2.05, 4.69) is 5.32 Å². The van der Waals surface area contributed by atoms with Gasteiger partial charge in [-0.25, -0.2) is 0 Å². The molecule has 0 unspecified atom stereocenters. The summed E-state index contributed by atoms with van der Waals surface area (Å²) in [7, 11) is 0. The van der Waals surface area contributed by atoms with E-state index in [-0.39, 0.29) is 17.6 Å². The summed E-state index contributed by atoms with van der Waals surface area (Å²) < 4.78 is 1.70. The number of aromatic nitrogens is 1. The Hall–Kier alpha value is -1.13.